The first-order valence-corrected chi connectivity index (χ1v) is 12.5. The van der Waals surface area contributed by atoms with E-state index in [9.17, 15) is 0 Å². The average molecular weight is 363 g/mol. The summed E-state index contributed by atoms with van der Waals surface area (Å²) in [5, 5.41) is 0. The van der Waals surface area contributed by atoms with E-state index in [2.05, 4.69) is 66.3 Å². The summed E-state index contributed by atoms with van der Waals surface area (Å²) in [6.45, 7) is 4.31. The fraction of sp³-hybridized carbons (Fsp3) is 1.00. The zero-order valence-corrected chi connectivity index (χ0v) is 15.8. The lowest BCUT2D eigenvalue weighted by Crippen LogP contribution is -2.81. The summed E-state index contributed by atoms with van der Waals surface area (Å²) in [4.78, 5) is 11.4. The molecule has 4 aliphatic heterocycles. The van der Waals surface area contributed by atoms with E-state index in [0.717, 1.165) is 0 Å². The van der Waals surface area contributed by atoms with E-state index in [-0.39, 0.29) is 0 Å². The second-order valence-electron chi connectivity index (χ2n) is 6.09. The van der Waals surface area contributed by atoms with E-state index in [1.165, 1.54) is 72.7 Å². The van der Waals surface area contributed by atoms with Gasteiger partial charge in [-0.2, -0.15) is 0 Å². The second-order valence-corrected chi connectivity index (χ2v) is 10.4. The van der Waals surface area contributed by atoms with E-state index in [1.54, 1.807) is 0 Å². The van der Waals surface area contributed by atoms with Crippen molar-refractivity contribution in [3.8, 4) is 0 Å². The summed E-state index contributed by atoms with van der Waals surface area (Å²) in [5.74, 6) is 10.2. The topological polar surface area (TPSA) is 13.0 Å². The van der Waals surface area contributed by atoms with Gasteiger partial charge < -0.3 is 19.2 Å². The Morgan fingerprint density at radius 3 is 0.952 bits per heavy atom. The van der Waals surface area contributed by atoms with Crippen LogP contribution in [0.3, 0.4) is 0 Å². The number of thioether (sulfide) groups is 4. The highest BCUT2D eigenvalue weighted by atomic mass is 32.2. The molecule has 0 aromatic heterocycles. The van der Waals surface area contributed by atoms with Crippen molar-refractivity contribution in [1.82, 2.24) is 19.2 Å². The Bertz CT molecular complexity index is 284. The van der Waals surface area contributed by atoms with Crippen LogP contribution in [-0.2, 0) is 0 Å². The molecule has 0 amide bonds. The van der Waals surface area contributed by atoms with Crippen molar-refractivity contribution in [1.29, 1.82) is 0 Å². The van der Waals surface area contributed by atoms with Crippen molar-refractivity contribution in [3.05, 3.63) is 0 Å². The van der Waals surface area contributed by atoms with Crippen molar-refractivity contribution in [3.63, 3.8) is 0 Å². The van der Waals surface area contributed by atoms with Crippen LogP contribution in [0.2, 0.25) is 0 Å². The Morgan fingerprint density at radius 2 is 0.762 bits per heavy atom. The first-order valence-electron chi connectivity index (χ1n) is 7.87. The lowest BCUT2D eigenvalue weighted by molar-refractivity contribution is 0.239. The molecule has 0 aliphatic carbocycles. The predicted molar refractivity (Wildman–Crippen MR) is 102 cm³/mol. The SMILES string of the molecule is C1CN([B-](N2CCSC2)(N2CCSC2)N2CCSC2)CS1. The predicted octanol–water partition coefficient (Wildman–Crippen LogP) is 1.45. The summed E-state index contributed by atoms with van der Waals surface area (Å²) in [5.41, 5.74) is 0. The minimum absolute atomic E-state index is 0.778. The molecule has 120 valence electrons. The summed E-state index contributed by atoms with van der Waals surface area (Å²) >= 11 is 8.51. The van der Waals surface area contributed by atoms with Gasteiger partial charge in [-0.15, -0.1) is 47.0 Å². The van der Waals surface area contributed by atoms with Gasteiger partial charge in [0.15, 0.2) is 0 Å². The molecule has 0 aromatic carbocycles. The van der Waals surface area contributed by atoms with Gasteiger partial charge in [0.2, 0.25) is 0 Å². The smallest absolute Gasteiger partial charge is 0.279 e. The van der Waals surface area contributed by atoms with Gasteiger partial charge in [-0.25, -0.2) is 0 Å². The first-order chi connectivity index (χ1) is 10.4. The molecule has 4 fully saturated rings. The standard InChI is InChI=1S/C12H24BN4S4/c1-5-18-9-14(1)13(15-2-6-19-10-15,16-3-7-20-11-16)17-4-8-21-12-17/h1-12H2/q-1. The second kappa shape index (κ2) is 7.05. The fourth-order valence-electron chi connectivity index (χ4n) is 4.19. The zero-order chi connectivity index (χ0) is 14.1. The minimum atomic E-state index is -0.778. The van der Waals surface area contributed by atoms with Crippen LogP contribution in [0.1, 0.15) is 0 Å². The van der Waals surface area contributed by atoms with Crippen molar-refractivity contribution in [2.75, 3.05) is 72.7 Å². The normalized spacial score (nSPS) is 30.9. The molecule has 0 saturated carbocycles. The van der Waals surface area contributed by atoms with Crippen LogP contribution in [0.4, 0.5) is 0 Å². The van der Waals surface area contributed by atoms with Crippen molar-refractivity contribution in [2.24, 2.45) is 0 Å². The first kappa shape index (κ1) is 15.8. The molecule has 4 rings (SSSR count). The molecule has 0 unspecified atom stereocenters. The van der Waals surface area contributed by atoms with E-state index < -0.39 is 6.69 Å². The number of hydrogen-bond donors (Lipinski definition) is 0. The van der Waals surface area contributed by atoms with Gasteiger partial charge >= 0.3 is 0 Å². The molecular formula is C12H24BN4S4-. The van der Waals surface area contributed by atoms with Gasteiger partial charge in [0.25, 0.3) is 6.69 Å². The molecule has 0 radical (unpaired) electrons. The van der Waals surface area contributed by atoms with Crippen LogP contribution >= 0.6 is 47.0 Å². The van der Waals surface area contributed by atoms with Gasteiger partial charge in [-0.1, -0.05) is 0 Å². The molecule has 4 aliphatic rings. The third-order valence-corrected chi connectivity index (χ3v) is 9.02. The Hall–Kier alpha value is 1.30. The minimum Gasteiger partial charge on any atom is -0.424 e. The largest absolute Gasteiger partial charge is 0.424 e. The Morgan fingerprint density at radius 1 is 0.476 bits per heavy atom. The average Bonchev–Trinajstić information content (AvgIpc) is 3.32. The van der Waals surface area contributed by atoms with Gasteiger partial charge in [-0.05, 0) is 26.2 Å². The molecule has 0 spiro atoms. The van der Waals surface area contributed by atoms with Gasteiger partial charge in [0.1, 0.15) is 0 Å². The molecule has 4 saturated heterocycles. The van der Waals surface area contributed by atoms with Gasteiger partial charge in [0.05, 0.1) is 0 Å². The Balaban J connectivity index is 1.71. The third-order valence-electron chi connectivity index (χ3n) is 5.08. The highest BCUT2D eigenvalue weighted by molar-refractivity contribution is 8.00. The maximum Gasteiger partial charge on any atom is 0.279 e. The third kappa shape index (κ3) is 2.79. The van der Waals surface area contributed by atoms with Crippen LogP contribution in [-0.4, -0.2) is 98.6 Å². The van der Waals surface area contributed by atoms with Crippen molar-refractivity contribution < 1.29 is 0 Å². The molecule has 4 heterocycles. The van der Waals surface area contributed by atoms with Crippen LogP contribution < -0.4 is 0 Å². The van der Waals surface area contributed by atoms with Crippen LogP contribution in [0.15, 0.2) is 0 Å². The molecule has 9 heteroatoms. The molecule has 21 heavy (non-hydrogen) atoms. The highest BCUT2D eigenvalue weighted by Gasteiger charge is 2.49. The van der Waals surface area contributed by atoms with Gasteiger partial charge in [-0.3, -0.25) is 0 Å². The quantitative estimate of drug-likeness (QED) is 0.688. The molecule has 0 aromatic rings. The number of hydrogen-bond acceptors (Lipinski definition) is 8. The Labute approximate surface area is 145 Å². The van der Waals surface area contributed by atoms with E-state index in [1.807, 2.05) is 0 Å². The van der Waals surface area contributed by atoms with Crippen LogP contribution in [0.5, 0.6) is 0 Å². The molecule has 0 bridgehead atoms. The number of nitrogens with zero attached hydrogens (tertiary/aromatic N) is 4. The molecule has 0 N–H and O–H groups in total. The van der Waals surface area contributed by atoms with E-state index >= 15 is 0 Å². The summed E-state index contributed by atoms with van der Waals surface area (Å²) in [6.07, 6.45) is 0. The van der Waals surface area contributed by atoms with E-state index in [0.29, 0.717) is 0 Å². The molecule has 4 nitrogen and oxygen atoms in total. The molecule has 0 atom stereocenters. The maximum absolute atomic E-state index is 2.84. The summed E-state index contributed by atoms with van der Waals surface area (Å²) in [7, 11) is 0. The number of rotatable bonds is 4. The Kier molecular flexibility index (Phi) is 5.31. The van der Waals surface area contributed by atoms with Crippen LogP contribution in [0, 0.1) is 0 Å². The maximum atomic E-state index is 2.84. The monoisotopic (exact) mass is 363 g/mol. The lowest BCUT2D eigenvalue weighted by atomic mass is 9.65. The summed E-state index contributed by atoms with van der Waals surface area (Å²) < 4.78 is 0. The summed E-state index contributed by atoms with van der Waals surface area (Å²) in [6, 6.07) is 0. The van der Waals surface area contributed by atoms with Crippen molar-refractivity contribution in [2.45, 2.75) is 0 Å². The fourth-order valence-corrected chi connectivity index (χ4v) is 8.42. The molecular weight excluding hydrogens is 339 g/mol. The van der Waals surface area contributed by atoms with Crippen molar-refractivity contribution >= 4 is 53.7 Å². The van der Waals surface area contributed by atoms with Gasteiger partial charge in [0, 0.05) is 46.5 Å². The zero-order valence-electron chi connectivity index (χ0n) is 12.5. The van der Waals surface area contributed by atoms with E-state index in [4.69, 9.17) is 0 Å². The lowest BCUT2D eigenvalue weighted by Gasteiger charge is -2.64. The highest BCUT2D eigenvalue weighted by Crippen LogP contribution is 2.38. The van der Waals surface area contributed by atoms with Crippen LogP contribution in [0.25, 0.3) is 0 Å².